The van der Waals surface area contributed by atoms with E-state index in [0.29, 0.717) is 6.17 Å². The maximum Gasteiger partial charge on any atom is 0.141 e. The first-order valence-corrected chi connectivity index (χ1v) is 11.9. The van der Waals surface area contributed by atoms with Gasteiger partial charge in [-0.1, -0.05) is 101 Å². The van der Waals surface area contributed by atoms with E-state index in [1.807, 2.05) is 0 Å². The first-order chi connectivity index (χ1) is 13.3. The monoisotopic (exact) mass is 452 g/mol. The zero-order valence-electron chi connectivity index (χ0n) is 18.6. The van der Waals surface area contributed by atoms with Gasteiger partial charge in [-0.3, -0.25) is 0 Å². The summed E-state index contributed by atoms with van der Waals surface area (Å²) in [6, 6.07) is 11.0. The van der Waals surface area contributed by atoms with Gasteiger partial charge in [-0.05, 0) is 18.4 Å². The molecule has 2 nitrogen and oxygen atoms in total. The summed E-state index contributed by atoms with van der Waals surface area (Å²) in [6.07, 6.45) is 18.0. The highest BCUT2D eigenvalue weighted by Crippen LogP contribution is 2.12. The fourth-order valence-corrected chi connectivity index (χ4v) is 4.51. The van der Waals surface area contributed by atoms with Crippen LogP contribution in [0.3, 0.4) is 0 Å². The van der Waals surface area contributed by atoms with Crippen molar-refractivity contribution in [2.45, 2.75) is 104 Å². The van der Waals surface area contributed by atoms with E-state index in [1.165, 1.54) is 102 Å². The van der Waals surface area contributed by atoms with E-state index in [-0.39, 0.29) is 17.0 Å². The van der Waals surface area contributed by atoms with Gasteiger partial charge in [0.25, 0.3) is 0 Å². The van der Waals surface area contributed by atoms with Crippen molar-refractivity contribution in [3.05, 3.63) is 35.9 Å². The van der Waals surface area contributed by atoms with E-state index in [0.717, 1.165) is 6.54 Å². The third-order valence-corrected chi connectivity index (χ3v) is 6.44. The topological polar surface area (TPSA) is 7.68 Å². The maximum absolute atomic E-state index is 2.66. The molecule has 3 heteroatoms. The van der Waals surface area contributed by atoms with Gasteiger partial charge in [-0.15, -0.1) is 0 Å². The molecule has 0 amide bonds. The first kappa shape index (κ1) is 25.7. The van der Waals surface area contributed by atoms with Gasteiger partial charge in [0.05, 0.1) is 19.6 Å². The van der Waals surface area contributed by atoms with Gasteiger partial charge in [-0.2, -0.15) is 0 Å². The molecule has 0 spiro atoms. The van der Waals surface area contributed by atoms with Gasteiger partial charge < -0.3 is 21.9 Å². The molecule has 1 aliphatic heterocycles. The summed E-state index contributed by atoms with van der Waals surface area (Å²) in [7, 11) is 0. The average molecular weight is 454 g/mol. The van der Waals surface area contributed by atoms with E-state index in [4.69, 9.17) is 0 Å². The smallest absolute Gasteiger partial charge is 0.141 e. The highest BCUT2D eigenvalue weighted by molar-refractivity contribution is 5.14. The standard InChI is InChI=1S/C25H44N2.BrH/c1-3-4-5-6-7-8-9-10-11-12-13-17-20-26-21-22-27(24(26)2)23-25-18-15-14-16-19-25;/h14-16,18-19,24H,3-13,17,20-23H2,1-2H3;1H. The number of benzene rings is 1. The van der Waals surface area contributed by atoms with Gasteiger partial charge in [0.1, 0.15) is 6.17 Å². The minimum absolute atomic E-state index is 0. The summed E-state index contributed by atoms with van der Waals surface area (Å²) < 4.78 is 0. The van der Waals surface area contributed by atoms with Crippen molar-refractivity contribution in [3.63, 3.8) is 0 Å². The molecule has 1 aliphatic rings. The molecule has 1 N–H and O–H groups in total. The number of nitrogens with zero attached hydrogens (tertiary/aromatic N) is 1. The lowest BCUT2D eigenvalue weighted by atomic mass is 10.1. The van der Waals surface area contributed by atoms with Crippen LogP contribution < -0.4 is 21.9 Å². The Hall–Kier alpha value is -0.380. The molecule has 1 aromatic rings. The molecular formula is C25H45BrN2. The van der Waals surface area contributed by atoms with Crippen LogP contribution in [0.2, 0.25) is 0 Å². The lowest BCUT2D eigenvalue weighted by Gasteiger charge is -2.23. The second kappa shape index (κ2) is 16.4. The van der Waals surface area contributed by atoms with Crippen LogP contribution in [0.4, 0.5) is 0 Å². The number of hydrogen-bond acceptors (Lipinski definition) is 1. The van der Waals surface area contributed by atoms with Crippen molar-refractivity contribution in [3.8, 4) is 0 Å². The number of rotatable bonds is 15. The van der Waals surface area contributed by atoms with E-state index in [9.17, 15) is 0 Å². The van der Waals surface area contributed by atoms with Crippen molar-refractivity contribution in [1.29, 1.82) is 0 Å². The Labute approximate surface area is 185 Å². The summed E-state index contributed by atoms with van der Waals surface area (Å²) in [5.41, 5.74) is 1.45. The summed E-state index contributed by atoms with van der Waals surface area (Å²) in [5.74, 6) is 0. The Morgan fingerprint density at radius 3 is 1.93 bits per heavy atom. The number of quaternary nitrogens is 1. The maximum atomic E-state index is 2.66. The zero-order chi connectivity index (χ0) is 19.2. The van der Waals surface area contributed by atoms with Crippen LogP contribution in [-0.4, -0.2) is 30.7 Å². The molecule has 1 saturated heterocycles. The zero-order valence-corrected chi connectivity index (χ0v) is 20.2. The molecule has 1 aromatic carbocycles. The SMILES string of the molecule is CCCCCCCCCCCCCC[NH+]1CCN(Cc2ccccc2)C1C.[Br-]. The van der Waals surface area contributed by atoms with Crippen LogP contribution in [0.5, 0.6) is 0 Å². The summed E-state index contributed by atoms with van der Waals surface area (Å²) in [6.45, 7) is 9.78. The Morgan fingerprint density at radius 2 is 1.36 bits per heavy atom. The molecule has 1 heterocycles. The van der Waals surface area contributed by atoms with E-state index in [2.05, 4.69) is 49.1 Å². The molecular weight excluding hydrogens is 408 g/mol. The molecule has 2 unspecified atom stereocenters. The number of nitrogens with one attached hydrogen (secondary N) is 1. The van der Waals surface area contributed by atoms with Crippen LogP contribution in [0.15, 0.2) is 30.3 Å². The molecule has 0 aliphatic carbocycles. The Kier molecular flexibility index (Phi) is 15.0. The van der Waals surface area contributed by atoms with Gasteiger partial charge >= 0.3 is 0 Å². The van der Waals surface area contributed by atoms with Crippen LogP contribution in [0.1, 0.15) is 96.5 Å². The van der Waals surface area contributed by atoms with Crippen LogP contribution in [0.25, 0.3) is 0 Å². The molecule has 1 fully saturated rings. The Balaban J connectivity index is 0.00000392. The molecule has 0 radical (unpaired) electrons. The molecule has 162 valence electrons. The third kappa shape index (κ3) is 10.4. The minimum Gasteiger partial charge on any atom is -1.00 e. The van der Waals surface area contributed by atoms with Crippen molar-refractivity contribution in [1.82, 2.24) is 4.90 Å². The van der Waals surface area contributed by atoms with Crippen LogP contribution in [0, 0.1) is 0 Å². The van der Waals surface area contributed by atoms with E-state index >= 15 is 0 Å². The molecule has 0 saturated carbocycles. The minimum atomic E-state index is 0. The van der Waals surface area contributed by atoms with Crippen LogP contribution >= 0.6 is 0 Å². The third-order valence-electron chi connectivity index (χ3n) is 6.44. The van der Waals surface area contributed by atoms with Crippen molar-refractivity contribution >= 4 is 0 Å². The van der Waals surface area contributed by atoms with Gasteiger partial charge in [0, 0.05) is 13.5 Å². The predicted octanol–water partition coefficient (Wildman–Crippen LogP) is 2.44. The average Bonchev–Trinajstić information content (AvgIpc) is 3.03. The quantitative estimate of drug-likeness (QED) is 0.401. The molecule has 2 atom stereocenters. The Morgan fingerprint density at radius 1 is 0.821 bits per heavy atom. The van der Waals surface area contributed by atoms with Crippen molar-refractivity contribution in [2.75, 3.05) is 19.6 Å². The van der Waals surface area contributed by atoms with E-state index < -0.39 is 0 Å². The van der Waals surface area contributed by atoms with Gasteiger partial charge in [0.2, 0.25) is 0 Å². The fraction of sp³-hybridized carbons (Fsp3) is 0.760. The molecule has 0 aromatic heterocycles. The lowest BCUT2D eigenvalue weighted by Crippen LogP contribution is -3.14. The van der Waals surface area contributed by atoms with Crippen molar-refractivity contribution in [2.24, 2.45) is 0 Å². The highest BCUT2D eigenvalue weighted by Gasteiger charge is 2.31. The number of unbranched alkanes of at least 4 members (excludes halogenated alkanes) is 11. The van der Waals surface area contributed by atoms with Crippen molar-refractivity contribution < 1.29 is 21.9 Å². The predicted molar refractivity (Wildman–Crippen MR) is 118 cm³/mol. The molecule has 2 rings (SSSR count). The Bertz CT molecular complexity index is 465. The molecule has 28 heavy (non-hydrogen) atoms. The second-order valence-corrected chi connectivity index (χ2v) is 8.68. The number of halogens is 1. The lowest BCUT2D eigenvalue weighted by molar-refractivity contribution is -0.916. The molecule has 0 bridgehead atoms. The normalized spacial score (nSPS) is 19.6. The summed E-state index contributed by atoms with van der Waals surface area (Å²) in [4.78, 5) is 4.46. The van der Waals surface area contributed by atoms with E-state index in [1.54, 1.807) is 4.90 Å². The fourth-order valence-electron chi connectivity index (χ4n) is 4.51. The highest BCUT2D eigenvalue weighted by atomic mass is 79.9. The van der Waals surface area contributed by atoms with Crippen LogP contribution in [-0.2, 0) is 6.54 Å². The van der Waals surface area contributed by atoms with Gasteiger partial charge in [-0.25, -0.2) is 4.90 Å². The largest absolute Gasteiger partial charge is 1.00 e. The summed E-state index contributed by atoms with van der Waals surface area (Å²) in [5, 5.41) is 0. The summed E-state index contributed by atoms with van der Waals surface area (Å²) >= 11 is 0. The number of hydrogen-bond donors (Lipinski definition) is 1. The van der Waals surface area contributed by atoms with Gasteiger partial charge in [0.15, 0.2) is 0 Å². The first-order valence-electron chi connectivity index (χ1n) is 11.9. The second-order valence-electron chi connectivity index (χ2n) is 8.68.